The van der Waals surface area contributed by atoms with Crippen molar-refractivity contribution in [2.24, 2.45) is 46.3 Å². The van der Waals surface area contributed by atoms with E-state index in [1.165, 1.54) is 63.0 Å². The van der Waals surface area contributed by atoms with Gasteiger partial charge in [0.15, 0.2) is 11.5 Å². The number of nitrogens with one attached hydrogen (secondary N) is 1. The van der Waals surface area contributed by atoms with Crippen LogP contribution < -0.4 is 14.8 Å². The number of unbranched alkanes of at least 4 members (excludes halogenated alkanes) is 2. The van der Waals surface area contributed by atoms with Crippen LogP contribution in [0.25, 0.3) is 6.08 Å². The van der Waals surface area contributed by atoms with E-state index in [9.17, 15) is 9.59 Å². The Bertz CT molecular complexity index is 1680. The molecule has 6 nitrogen and oxygen atoms in total. The van der Waals surface area contributed by atoms with Crippen molar-refractivity contribution in [2.75, 3.05) is 19.0 Å². The van der Waals surface area contributed by atoms with Gasteiger partial charge < -0.3 is 19.5 Å². The molecule has 8 atom stereocenters. The minimum absolute atomic E-state index is 0.0930. The smallest absolute Gasteiger partial charge is 0.338 e. The maximum atomic E-state index is 13.3. The number of fused-ring (bicyclic) bond motifs is 5. The standard InChI is InChI=1S/C49H69NO5/c1-8-9-10-30-54-44-24-14-35(31-45(44)53-7)15-25-46(51)50-38-19-16-36(17-20-38)47(52)55-39-26-28-48(5)37(32-39)18-21-40-42-23-22-41(34(4)13-11-12-33(2)3)49(42,6)29-27-43(40)48/h14-20,24-25,31,33-34,39-43H,8-13,21-23,26-30,32H2,1-7H3,(H,50,51)/b25-15+/t34-,39?,40+,41-,42+,43+,48+,49-/m1/s1. The highest BCUT2D eigenvalue weighted by Crippen LogP contribution is 2.67. The minimum Gasteiger partial charge on any atom is -0.493 e. The van der Waals surface area contributed by atoms with Crippen molar-refractivity contribution in [3.05, 3.63) is 71.3 Å². The molecule has 1 N–H and O–H groups in total. The molecule has 300 valence electrons. The van der Waals surface area contributed by atoms with Gasteiger partial charge in [-0.3, -0.25) is 4.79 Å². The van der Waals surface area contributed by atoms with Gasteiger partial charge in [0.05, 0.1) is 19.3 Å². The Balaban J connectivity index is 0.994. The monoisotopic (exact) mass is 752 g/mol. The van der Waals surface area contributed by atoms with Crippen LogP contribution in [0.15, 0.2) is 60.2 Å². The van der Waals surface area contributed by atoms with E-state index in [1.807, 2.05) is 18.2 Å². The zero-order chi connectivity index (χ0) is 39.2. The van der Waals surface area contributed by atoms with Crippen LogP contribution in [0, 0.1) is 46.3 Å². The zero-order valence-electron chi connectivity index (χ0n) is 35.0. The molecule has 3 fully saturated rings. The van der Waals surface area contributed by atoms with E-state index in [4.69, 9.17) is 14.2 Å². The largest absolute Gasteiger partial charge is 0.493 e. The molecule has 0 bridgehead atoms. The van der Waals surface area contributed by atoms with Gasteiger partial charge in [-0.15, -0.1) is 0 Å². The van der Waals surface area contributed by atoms with E-state index in [0.29, 0.717) is 34.8 Å². The molecule has 55 heavy (non-hydrogen) atoms. The van der Waals surface area contributed by atoms with Gasteiger partial charge in [0.1, 0.15) is 6.10 Å². The fourth-order valence-electron chi connectivity index (χ4n) is 11.5. The molecule has 4 aliphatic carbocycles. The van der Waals surface area contributed by atoms with Crippen LogP contribution in [0.3, 0.4) is 0 Å². The van der Waals surface area contributed by atoms with Gasteiger partial charge in [0, 0.05) is 18.2 Å². The van der Waals surface area contributed by atoms with E-state index >= 15 is 0 Å². The molecule has 0 aromatic heterocycles. The number of rotatable bonds is 16. The van der Waals surface area contributed by atoms with E-state index in [-0.39, 0.29) is 23.4 Å². The molecule has 0 aliphatic heterocycles. The van der Waals surface area contributed by atoms with Crippen molar-refractivity contribution >= 4 is 23.6 Å². The van der Waals surface area contributed by atoms with E-state index in [1.54, 1.807) is 37.5 Å². The number of amides is 1. The molecule has 6 heteroatoms. The van der Waals surface area contributed by atoms with Gasteiger partial charge in [-0.25, -0.2) is 4.79 Å². The van der Waals surface area contributed by atoms with Crippen molar-refractivity contribution < 1.29 is 23.8 Å². The first-order valence-corrected chi connectivity index (χ1v) is 21.8. The summed E-state index contributed by atoms with van der Waals surface area (Å²) in [6, 6.07) is 12.6. The Hall–Kier alpha value is -3.54. The summed E-state index contributed by atoms with van der Waals surface area (Å²) in [5.74, 6) is 5.69. The van der Waals surface area contributed by atoms with E-state index < -0.39 is 0 Å². The summed E-state index contributed by atoms with van der Waals surface area (Å²) in [5, 5.41) is 2.89. The highest BCUT2D eigenvalue weighted by atomic mass is 16.5. The van der Waals surface area contributed by atoms with Crippen LogP contribution in [0.1, 0.15) is 147 Å². The summed E-state index contributed by atoms with van der Waals surface area (Å²) >= 11 is 0. The summed E-state index contributed by atoms with van der Waals surface area (Å²) in [6.07, 6.45) is 22.7. The molecule has 1 amide bonds. The summed E-state index contributed by atoms with van der Waals surface area (Å²) < 4.78 is 17.5. The van der Waals surface area contributed by atoms with Crippen LogP contribution in [0.4, 0.5) is 5.69 Å². The average Bonchev–Trinajstić information content (AvgIpc) is 3.53. The van der Waals surface area contributed by atoms with E-state index in [2.05, 4.69) is 52.9 Å². The third-order valence-corrected chi connectivity index (χ3v) is 14.5. The summed E-state index contributed by atoms with van der Waals surface area (Å²) in [5.41, 5.74) is 4.21. The maximum absolute atomic E-state index is 13.3. The number of allylic oxidation sites excluding steroid dienone is 1. The Kier molecular flexibility index (Phi) is 13.6. The number of benzene rings is 2. The van der Waals surface area contributed by atoms with Crippen LogP contribution in [0.5, 0.6) is 11.5 Å². The molecular weight excluding hydrogens is 683 g/mol. The quantitative estimate of drug-likeness (QED) is 0.0800. The van der Waals surface area contributed by atoms with Crippen molar-refractivity contribution in [1.29, 1.82) is 0 Å². The number of esters is 1. The highest BCUT2D eigenvalue weighted by molar-refractivity contribution is 6.02. The molecule has 0 spiro atoms. The predicted octanol–water partition coefficient (Wildman–Crippen LogP) is 12.5. The third-order valence-electron chi connectivity index (χ3n) is 14.5. The van der Waals surface area contributed by atoms with Gasteiger partial charge in [-0.2, -0.15) is 0 Å². The number of methoxy groups -OCH3 is 1. The molecule has 0 radical (unpaired) electrons. The first-order valence-electron chi connectivity index (χ1n) is 21.8. The van der Waals surface area contributed by atoms with Gasteiger partial charge in [0.25, 0.3) is 0 Å². The van der Waals surface area contributed by atoms with E-state index in [0.717, 1.165) is 79.6 Å². The Morgan fingerprint density at radius 1 is 0.909 bits per heavy atom. The molecule has 2 aromatic carbocycles. The van der Waals surface area contributed by atoms with Crippen LogP contribution >= 0.6 is 0 Å². The number of anilines is 1. The second-order valence-electron chi connectivity index (χ2n) is 18.4. The number of hydrogen-bond acceptors (Lipinski definition) is 5. The molecule has 3 saturated carbocycles. The lowest BCUT2D eigenvalue weighted by Crippen LogP contribution is -2.51. The fourth-order valence-corrected chi connectivity index (χ4v) is 11.5. The number of carbonyl (C=O) groups is 2. The predicted molar refractivity (Wildman–Crippen MR) is 224 cm³/mol. The maximum Gasteiger partial charge on any atom is 0.338 e. The van der Waals surface area contributed by atoms with Gasteiger partial charge in [0.2, 0.25) is 5.91 Å². The number of carbonyl (C=O) groups excluding carboxylic acids is 2. The van der Waals surface area contributed by atoms with Gasteiger partial charge in [-0.1, -0.05) is 91.4 Å². The van der Waals surface area contributed by atoms with Crippen LogP contribution in [0.2, 0.25) is 0 Å². The molecule has 0 saturated heterocycles. The molecular formula is C49H69NO5. The summed E-state index contributed by atoms with van der Waals surface area (Å²) in [7, 11) is 1.62. The first-order chi connectivity index (χ1) is 26.4. The lowest BCUT2D eigenvalue weighted by Gasteiger charge is -2.58. The normalized spacial score (nSPS) is 29.2. The number of hydrogen-bond donors (Lipinski definition) is 1. The topological polar surface area (TPSA) is 73.9 Å². The van der Waals surface area contributed by atoms with Gasteiger partial charge >= 0.3 is 5.97 Å². The Morgan fingerprint density at radius 3 is 2.45 bits per heavy atom. The lowest BCUT2D eigenvalue weighted by atomic mass is 9.47. The summed E-state index contributed by atoms with van der Waals surface area (Å²) in [4.78, 5) is 26.1. The fraction of sp³-hybridized carbons (Fsp3) is 0.633. The Labute approximate surface area is 332 Å². The molecule has 6 rings (SSSR count). The average molecular weight is 752 g/mol. The van der Waals surface area contributed by atoms with Crippen molar-refractivity contribution in [3.63, 3.8) is 0 Å². The Morgan fingerprint density at radius 2 is 1.71 bits per heavy atom. The minimum atomic E-state index is -0.291. The molecule has 4 aliphatic rings. The highest BCUT2D eigenvalue weighted by Gasteiger charge is 2.59. The second-order valence-corrected chi connectivity index (χ2v) is 18.4. The molecule has 2 aromatic rings. The van der Waals surface area contributed by atoms with Crippen molar-refractivity contribution in [1.82, 2.24) is 0 Å². The molecule has 0 heterocycles. The van der Waals surface area contributed by atoms with Crippen molar-refractivity contribution in [3.8, 4) is 11.5 Å². The third kappa shape index (κ3) is 9.37. The van der Waals surface area contributed by atoms with Crippen LogP contribution in [-0.4, -0.2) is 31.7 Å². The second kappa shape index (κ2) is 18.2. The zero-order valence-corrected chi connectivity index (χ0v) is 35.0. The van der Waals surface area contributed by atoms with Gasteiger partial charge in [-0.05, 0) is 146 Å². The lowest BCUT2D eigenvalue weighted by molar-refractivity contribution is -0.111. The summed E-state index contributed by atoms with van der Waals surface area (Å²) in [6.45, 7) is 15.3. The van der Waals surface area contributed by atoms with Crippen molar-refractivity contribution in [2.45, 2.75) is 138 Å². The van der Waals surface area contributed by atoms with Crippen LogP contribution in [-0.2, 0) is 9.53 Å². The number of ether oxygens (including phenoxy) is 3. The first kappa shape index (κ1) is 41.1. The molecule has 1 unspecified atom stereocenters. The SMILES string of the molecule is CCCCCOc1ccc(/C=C/C(=O)Nc2ccc(C(=O)OC3CC[C@@]4(C)C(=CC[C@H]5[C@@H]6CC[C@H]([C@H](C)CCCC(C)C)[C@@]6(C)CC[C@@H]54)C3)cc2)cc1OC.